The van der Waals surface area contributed by atoms with Gasteiger partial charge in [0, 0.05) is 11.1 Å². The van der Waals surface area contributed by atoms with Gasteiger partial charge < -0.3 is 15.5 Å². The first-order chi connectivity index (χ1) is 18.6. The number of hydrogen-bond acceptors (Lipinski definition) is 5. The molecule has 5 rings (SSSR count). The molecule has 202 valence electrons. The second kappa shape index (κ2) is 10.7. The molecule has 1 heterocycles. The number of nitrogens with one attached hydrogen (secondary N) is 1. The molecule has 4 aromatic rings. The topological polar surface area (TPSA) is 94.0 Å². The average molecular weight is 527 g/mol. The molecule has 39 heavy (non-hydrogen) atoms. The van der Waals surface area contributed by atoms with E-state index in [2.05, 4.69) is 28.5 Å². The van der Waals surface area contributed by atoms with Gasteiger partial charge in [-0.25, -0.2) is 4.39 Å². The van der Waals surface area contributed by atoms with Crippen molar-refractivity contribution in [3.63, 3.8) is 0 Å². The zero-order valence-corrected chi connectivity index (χ0v) is 22.7. The summed E-state index contributed by atoms with van der Waals surface area (Å²) in [7, 11) is 0. The minimum atomic E-state index is -0.855. The second-order valence-corrected chi connectivity index (χ2v) is 11.3. The van der Waals surface area contributed by atoms with Crippen LogP contribution < -0.4 is 11.1 Å². The van der Waals surface area contributed by atoms with Crippen molar-refractivity contribution in [2.45, 2.75) is 69.9 Å². The van der Waals surface area contributed by atoms with Crippen LogP contribution >= 0.6 is 0 Å². The molecule has 1 aliphatic carbocycles. The highest BCUT2D eigenvalue weighted by Gasteiger charge is 2.33. The van der Waals surface area contributed by atoms with Gasteiger partial charge in [-0.2, -0.15) is 0 Å². The summed E-state index contributed by atoms with van der Waals surface area (Å²) in [6.45, 7) is 6.01. The van der Waals surface area contributed by atoms with Crippen LogP contribution in [0.1, 0.15) is 85.4 Å². The molecular formula is C32H35FN4O2. The van der Waals surface area contributed by atoms with Crippen molar-refractivity contribution in [1.29, 1.82) is 0 Å². The van der Waals surface area contributed by atoms with Crippen LogP contribution in [0.15, 0.2) is 77.2 Å². The van der Waals surface area contributed by atoms with Gasteiger partial charge in [-0.3, -0.25) is 4.79 Å². The number of carbonyl (C=O) groups excluding carboxylic acids is 1. The van der Waals surface area contributed by atoms with Crippen LogP contribution in [0.2, 0.25) is 0 Å². The summed E-state index contributed by atoms with van der Waals surface area (Å²) in [4.78, 5) is 13.4. The van der Waals surface area contributed by atoms with E-state index in [1.54, 1.807) is 18.2 Å². The molecule has 0 aliphatic heterocycles. The third-order valence-corrected chi connectivity index (χ3v) is 7.89. The summed E-state index contributed by atoms with van der Waals surface area (Å²) < 4.78 is 19.5. The highest BCUT2D eigenvalue weighted by atomic mass is 19.1. The summed E-state index contributed by atoms with van der Waals surface area (Å²) in [6, 6.07) is 21.6. The lowest BCUT2D eigenvalue weighted by Gasteiger charge is -2.25. The molecular weight excluding hydrogens is 491 g/mol. The van der Waals surface area contributed by atoms with E-state index < -0.39 is 5.54 Å². The number of nitrogens with zero attached hydrogens (tertiary/aromatic N) is 2. The van der Waals surface area contributed by atoms with E-state index in [0.29, 0.717) is 29.3 Å². The molecule has 3 aromatic carbocycles. The van der Waals surface area contributed by atoms with Crippen molar-refractivity contribution in [2.75, 3.05) is 0 Å². The van der Waals surface area contributed by atoms with Crippen molar-refractivity contribution >= 4 is 5.91 Å². The van der Waals surface area contributed by atoms with Gasteiger partial charge in [-0.05, 0) is 85.5 Å². The fourth-order valence-electron chi connectivity index (χ4n) is 5.46. The van der Waals surface area contributed by atoms with Crippen LogP contribution in [-0.4, -0.2) is 16.1 Å². The number of rotatable bonds is 8. The smallest absolute Gasteiger partial charge is 0.251 e. The number of hydrogen-bond donors (Lipinski definition) is 2. The number of amides is 1. The van der Waals surface area contributed by atoms with Crippen molar-refractivity contribution in [3.8, 4) is 11.5 Å². The van der Waals surface area contributed by atoms with E-state index in [1.165, 1.54) is 12.1 Å². The van der Waals surface area contributed by atoms with E-state index in [9.17, 15) is 9.18 Å². The Morgan fingerprint density at radius 3 is 2.46 bits per heavy atom. The van der Waals surface area contributed by atoms with E-state index >= 15 is 0 Å². The number of carbonyl (C=O) groups is 1. The minimum absolute atomic E-state index is 0.0356. The first-order valence-electron chi connectivity index (χ1n) is 13.5. The van der Waals surface area contributed by atoms with Crippen molar-refractivity contribution in [3.05, 3.63) is 107 Å². The van der Waals surface area contributed by atoms with Gasteiger partial charge in [-0.1, -0.05) is 62.2 Å². The fourth-order valence-corrected chi connectivity index (χ4v) is 5.46. The molecule has 6 nitrogen and oxygen atoms in total. The SMILES string of the molecule is C[C@@H](NC(=O)c1cc(-c2nnc([C@](C)(N)Cc3ccccc3)o2)cc(C2(C)CCCC2)c1)c1ccc(F)cc1. The monoisotopic (exact) mass is 526 g/mol. The number of nitrogens with two attached hydrogens (primary N) is 1. The molecule has 1 saturated carbocycles. The van der Waals surface area contributed by atoms with Gasteiger partial charge in [0.2, 0.25) is 11.8 Å². The van der Waals surface area contributed by atoms with Gasteiger partial charge in [0.05, 0.1) is 11.6 Å². The van der Waals surface area contributed by atoms with Crippen molar-refractivity contribution < 1.29 is 13.6 Å². The lowest BCUT2D eigenvalue weighted by atomic mass is 9.79. The Balaban J connectivity index is 1.46. The van der Waals surface area contributed by atoms with Crippen molar-refractivity contribution in [2.24, 2.45) is 5.73 Å². The van der Waals surface area contributed by atoms with Crippen LogP contribution in [-0.2, 0) is 17.4 Å². The Morgan fingerprint density at radius 2 is 1.77 bits per heavy atom. The van der Waals surface area contributed by atoms with Crippen LogP contribution in [0, 0.1) is 5.82 Å². The molecule has 0 radical (unpaired) electrons. The third kappa shape index (κ3) is 5.93. The molecule has 0 bridgehead atoms. The van der Waals surface area contributed by atoms with Gasteiger partial charge in [0.1, 0.15) is 5.82 Å². The lowest BCUT2D eigenvalue weighted by Crippen LogP contribution is -2.35. The Bertz CT molecular complexity index is 1440. The summed E-state index contributed by atoms with van der Waals surface area (Å²) in [5, 5.41) is 11.7. The van der Waals surface area contributed by atoms with Crippen LogP contribution in [0.3, 0.4) is 0 Å². The third-order valence-electron chi connectivity index (χ3n) is 7.89. The Hall–Kier alpha value is -3.84. The first-order valence-corrected chi connectivity index (χ1v) is 13.5. The predicted octanol–water partition coefficient (Wildman–Crippen LogP) is 6.62. The molecule has 1 amide bonds. The van der Waals surface area contributed by atoms with E-state index in [-0.39, 0.29) is 23.2 Å². The highest BCUT2D eigenvalue weighted by molar-refractivity contribution is 5.95. The number of benzene rings is 3. The minimum Gasteiger partial charge on any atom is -0.419 e. The van der Waals surface area contributed by atoms with Crippen molar-refractivity contribution in [1.82, 2.24) is 15.5 Å². The molecule has 7 heteroatoms. The summed E-state index contributed by atoms with van der Waals surface area (Å²) in [5.41, 5.74) is 9.92. The highest BCUT2D eigenvalue weighted by Crippen LogP contribution is 2.42. The summed E-state index contributed by atoms with van der Waals surface area (Å²) in [6.07, 6.45) is 4.95. The lowest BCUT2D eigenvalue weighted by molar-refractivity contribution is 0.0939. The Kier molecular flexibility index (Phi) is 7.36. The van der Waals surface area contributed by atoms with Crippen LogP contribution in [0.25, 0.3) is 11.5 Å². The molecule has 3 N–H and O–H groups in total. The van der Waals surface area contributed by atoms with E-state index in [0.717, 1.165) is 42.4 Å². The maximum Gasteiger partial charge on any atom is 0.251 e. The average Bonchev–Trinajstić information content (AvgIpc) is 3.60. The fraction of sp³-hybridized carbons (Fsp3) is 0.344. The predicted molar refractivity (Wildman–Crippen MR) is 150 cm³/mol. The molecule has 1 aromatic heterocycles. The van der Waals surface area contributed by atoms with Gasteiger partial charge >= 0.3 is 0 Å². The molecule has 0 unspecified atom stereocenters. The summed E-state index contributed by atoms with van der Waals surface area (Å²) >= 11 is 0. The normalized spacial score (nSPS) is 16.9. The molecule has 0 saturated heterocycles. The Labute approximate surface area is 228 Å². The maximum absolute atomic E-state index is 13.4. The number of aromatic nitrogens is 2. The van der Waals surface area contributed by atoms with Gasteiger partial charge in [-0.15, -0.1) is 10.2 Å². The Morgan fingerprint density at radius 1 is 1.08 bits per heavy atom. The van der Waals surface area contributed by atoms with Crippen LogP contribution in [0.5, 0.6) is 0 Å². The van der Waals surface area contributed by atoms with Gasteiger partial charge in [0.15, 0.2) is 0 Å². The second-order valence-electron chi connectivity index (χ2n) is 11.3. The first kappa shape index (κ1) is 26.8. The largest absolute Gasteiger partial charge is 0.419 e. The molecule has 1 aliphatic rings. The molecule has 0 spiro atoms. The molecule has 1 fully saturated rings. The van der Waals surface area contributed by atoms with Gasteiger partial charge in [0.25, 0.3) is 5.91 Å². The van der Waals surface area contributed by atoms with Crippen LogP contribution in [0.4, 0.5) is 4.39 Å². The standard InChI is InChI=1S/C32H35FN4O2/c1-21(23-11-13-27(33)14-12-23)35-28(38)24-17-25(19-26(18-24)31(2)15-7-8-16-31)29-36-37-30(39-29)32(3,34)20-22-9-5-4-6-10-22/h4-6,9-14,17-19,21H,7-8,15-16,20,34H2,1-3H3,(H,35,38)/t21-,32-/m1/s1. The maximum atomic E-state index is 13.4. The van der Waals surface area contributed by atoms with E-state index in [1.807, 2.05) is 50.2 Å². The zero-order valence-electron chi connectivity index (χ0n) is 22.7. The summed E-state index contributed by atoms with van der Waals surface area (Å²) in [5.74, 6) is 0.147. The molecule has 2 atom stereocenters. The quantitative estimate of drug-likeness (QED) is 0.269. The zero-order chi connectivity index (χ0) is 27.6. The number of halogens is 1. The van der Waals surface area contributed by atoms with E-state index in [4.69, 9.17) is 10.2 Å².